The van der Waals surface area contributed by atoms with Crippen molar-refractivity contribution >= 4 is 17.0 Å². The highest BCUT2D eigenvalue weighted by molar-refractivity contribution is 8.11. The Morgan fingerprint density at radius 1 is 1.75 bits per heavy atom. The van der Waals surface area contributed by atoms with Crippen LogP contribution < -0.4 is 5.14 Å². The molecule has 0 unspecified atom stereocenters. The van der Waals surface area contributed by atoms with Crippen LogP contribution in [0.25, 0.3) is 0 Å². The molecule has 0 aromatic heterocycles. The lowest BCUT2D eigenvalue weighted by Crippen LogP contribution is -1.90. The van der Waals surface area contributed by atoms with E-state index in [0.29, 0.717) is 0 Å². The average Bonchev–Trinajstić information content (AvgIpc) is 1.83. The van der Waals surface area contributed by atoms with Gasteiger partial charge in [0.15, 0.2) is 0 Å². The second-order valence-electron chi connectivity index (χ2n) is 1.52. The zero-order chi connectivity index (χ0) is 6.41. The summed E-state index contributed by atoms with van der Waals surface area (Å²) in [6.45, 7) is 4.91. The minimum absolute atomic E-state index is 0.899. The second-order valence-corrected chi connectivity index (χ2v) is 2.35. The second kappa shape index (κ2) is 5.12. The SMILES string of the molecule is CCCN=C(C)SN. The minimum Gasteiger partial charge on any atom is -0.282 e. The Bertz CT molecular complexity index is 80.5. The molecule has 0 aliphatic rings. The van der Waals surface area contributed by atoms with Gasteiger partial charge in [-0.2, -0.15) is 0 Å². The fourth-order valence-corrected chi connectivity index (χ4v) is 0.472. The third kappa shape index (κ3) is 4.15. The topological polar surface area (TPSA) is 38.4 Å². The number of aliphatic imine (C=N–C) groups is 1. The molecule has 0 aromatic rings. The summed E-state index contributed by atoms with van der Waals surface area (Å²) in [7, 11) is 0. The zero-order valence-electron chi connectivity index (χ0n) is 5.35. The van der Waals surface area contributed by atoms with Gasteiger partial charge in [-0.3, -0.25) is 10.1 Å². The van der Waals surface area contributed by atoms with E-state index in [2.05, 4.69) is 11.9 Å². The number of rotatable bonds is 2. The molecular weight excluding hydrogens is 120 g/mol. The first-order valence-corrected chi connectivity index (χ1v) is 3.57. The van der Waals surface area contributed by atoms with Gasteiger partial charge >= 0.3 is 0 Å². The molecule has 0 saturated heterocycles. The molecule has 0 radical (unpaired) electrons. The van der Waals surface area contributed by atoms with Crippen LogP contribution in [0, 0.1) is 0 Å². The van der Waals surface area contributed by atoms with E-state index in [-0.39, 0.29) is 0 Å². The third-order valence-corrected chi connectivity index (χ3v) is 1.20. The maximum atomic E-state index is 5.20. The van der Waals surface area contributed by atoms with Crippen molar-refractivity contribution in [2.45, 2.75) is 20.3 Å². The molecule has 0 aromatic carbocycles. The quantitative estimate of drug-likeness (QED) is 0.350. The van der Waals surface area contributed by atoms with Crippen LogP contribution in [0.5, 0.6) is 0 Å². The van der Waals surface area contributed by atoms with Crippen LogP contribution in [0.3, 0.4) is 0 Å². The van der Waals surface area contributed by atoms with Crippen molar-refractivity contribution in [2.75, 3.05) is 6.54 Å². The molecule has 0 bridgehead atoms. The minimum atomic E-state index is 0.899. The lowest BCUT2D eigenvalue weighted by atomic mass is 10.5. The van der Waals surface area contributed by atoms with Gasteiger partial charge in [-0.05, 0) is 25.3 Å². The van der Waals surface area contributed by atoms with E-state index in [0.717, 1.165) is 18.0 Å². The molecule has 0 atom stereocenters. The van der Waals surface area contributed by atoms with Gasteiger partial charge < -0.3 is 0 Å². The molecule has 0 fully saturated rings. The molecule has 3 heteroatoms. The molecule has 0 spiro atoms. The van der Waals surface area contributed by atoms with Crippen LogP contribution in [0.4, 0.5) is 0 Å². The van der Waals surface area contributed by atoms with Crippen molar-refractivity contribution in [3.63, 3.8) is 0 Å². The maximum absolute atomic E-state index is 5.20. The summed E-state index contributed by atoms with van der Waals surface area (Å²) in [5.74, 6) is 0. The van der Waals surface area contributed by atoms with Crippen molar-refractivity contribution in [1.29, 1.82) is 0 Å². The lowest BCUT2D eigenvalue weighted by Gasteiger charge is -1.90. The standard InChI is InChI=1S/C5H12N2S/c1-3-4-7-5(2)8-6/h3-4,6H2,1-2H3. The highest BCUT2D eigenvalue weighted by Gasteiger charge is 1.82. The summed E-state index contributed by atoms with van der Waals surface area (Å²) >= 11 is 1.21. The van der Waals surface area contributed by atoms with E-state index in [1.54, 1.807) is 0 Å². The highest BCUT2D eigenvalue weighted by Crippen LogP contribution is 1.91. The van der Waals surface area contributed by atoms with E-state index in [9.17, 15) is 0 Å². The van der Waals surface area contributed by atoms with Crippen molar-refractivity contribution in [2.24, 2.45) is 10.1 Å². The van der Waals surface area contributed by atoms with E-state index in [1.807, 2.05) is 6.92 Å². The molecule has 2 N–H and O–H groups in total. The van der Waals surface area contributed by atoms with Gasteiger partial charge in [0.1, 0.15) is 0 Å². The Balaban J connectivity index is 3.26. The molecule has 0 aliphatic heterocycles. The van der Waals surface area contributed by atoms with Gasteiger partial charge in [0.05, 0.1) is 5.04 Å². The smallest absolute Gasteiger partial charge is 0.0793 e. The fraction of sp³-hybridized carbons (Fsp3) is 0.800. The van der Waals surface area contributed by atoms with E-state index >= 15 is 0 Å². The Labute approximate surface area is 54.7 Å². The van der Waals surface area contributed by atoms with Crippen molar-refractivity contribution in [3.8, 4) is 0 Å². The first-order valence-electron chi connectivity index (χ1n) is 2.69. The summed E-state index contributed by atoms with van der Waals surface area (Å²) < 4.78 is 0. The van der Waals surface area contributed by atoms with E-state index < -0.39 is 0 Å². The molecule has 0 heterocycles. The average molecular weight is 132 g/mol. The van der Waals surface area contributed by atoms with Crippen LogP contribution in [0.1, 0.15) is 20.3 Å². The van der Waals surface area contributed by atoms with Crippen LogP contribution >= 0.6 is 11.9 Å². The molecule has 0 saturated carbocycles. The molecular formula is C5H12N2S. The molecule has 0 rings (SSSR count). The first kappa shape index (κ1) is 7.98. The molecule has 48 valence electrons. The van der Waals surface area contributed by atoms with Crippen LogP contribution in [-0.2, 0) is 0 Å². The number of hydrogen-bond donors (Lipinski definition) is 1. The summed E-state index contributed by atoms with van der Waals surface area (Å²) in [6, 6.07) is 0. The predicted molar refractivity (Wildman–Crippen MR) is 40.0 cm³/mol. The van der Waals surface area contributed by atoms with E-state index in [4.69, 9.17) is 5.14 Å². The van der Waals surface area contributed by atoms with Crippen LogP contribution in [-0.4, -0.2) is 11.6 Å². The molecule has 2 nitrogen and oxygen atoms in total. The van der Waals surface area contributed by atoms with Crippen molar-refractivity contribution < 1.29 is 0 Å². The van der Waals surface area contributed by atoms with Crippen molar-refractivity contribution in [1.82, 2.24) is 0 Å². The Morgan fingerprint density at radius 2 is 2.38 bits per heavy atom. The van der Waals surface area contributed by atoms with Gasteiger partial charge in [0, 0.05) is 6.54 Å². The third-order valence-electron chi connectivity index (χ3n) is 0.729. The maximum Gasteiger partial charge on any atom is 0.0793 e. The molecule has 0 amide bonds. The molecule has 8 heavy (non-hydrogen) atoms. The fourth-order valence-electron chi connectivity index (χ4n) is 0.307. The predicted octanol–water partition coefficient (Wildman–Crippen LogP) is 1.42. The summed E-state index contributed by atoms with van der Waals surface area (Å²) in [4.78, 5) is 4.12. The normalized spacial score (nSPS) is 12.1. The van der Waals surface area contributed by atoms with Gasteiger partial charge in [-0.1, -0.05) is 6.92 Å². The van der Waals surface area contributed by atoms with Gasteiger partial charge in [-0.15, -0.1) is 0 Å². The zero-order valence-corrected chi connectivity index (χ0v) is 6.16. The first-order chi connectivity index (χ1) is 3.81. The Morgan fingerprint density at radius 3 is 2.75 bits per heavy atom. The van der Waals surface area contributed by atoms with Gasteiger partial charge in [0.2, 0.25) is 0 Å². The largest absolute Gasteiger partial charge is 0.282 e. The Hall–Kier alpha value is -0.0200. The van der Waals surface area contributed by atoms with E-state index in [1.165, 1.54) is 11.9 Å². The molecule has 0 aliphatic carbocycles. The highest BCUT2D eigenvalue weighted by atomic mass is 32.2. The Kier molecular flexibility index (Phi) is 5.11. The lowest BCUT2D eigenvalue weighted by molar-refractivity contribution is 0.935. The number of nitrogens with zero attached hydrogens (tertiary/aromatic N) is 1. The monoisotopic (exact) mass is 132 g/mol. The number of hydrogen-bond acceptors (Lipinski definition) is 3. The summed E-state index contributed by atoms with van der Waals surface area (Å²) in [6.07, 6.45) is 1.10. The van der Waals surface area contributed by atoms with Crippen LogP contribution in [0.2, 0.25) is 0 Å². The number of nitrogens with two attached hydrogens (primary N) is 1. The van der Waals surface area contributed by atoms with Crippen molar-refractivity contribution in [3.05, 3.63) is 0 Å². The van der Waals surface area contributed by atoms with Crippen LogP contribution in [0.15, 0.2) is 4.99 Å². The summed E-state index contributed by atoms with van der Waals surface area (Å²) in [5, 5.41) is 6.16. The summed E-state index contributed by atoms with van der Waals surface area (Å²) in [5.41, 5.74) is 0. The van der Waals surface area contributed by atoms with Gasteiger partial charge in [-0.25, -0.2) is 0 Å². The van der Waals surface area contributed by atoms with Gasteiger partial charge in [0.25, 0.3) is 0 Å².